The maximum atomic E-state index is 11.8. The third-order valence-corrected chi connectivity index (χ3v) is 2.86. The summed E-state index contributed by atoms with van der Waals surface area (Å²) in [6.07, 6.45) is 6.60. The van der Waals surface area contributed by atoms with Crippen molar-refractivity contribution in [2.45, 2.75) is 20.8 Å². The zero-order valence-electron chi connectivity index (χ0n) is 12.2. The number of aryl methyl sites for hydroxylation is 1. The van der Waals surface area contributed by atoms with Gasteiger partial charge < -0.3 is 10.3 Å². The lowest BCUT2D eigenvalue weighted by Crippen LogP contribution is -2.13. The minimum atomic E-state index is -0.240. The average molecular weight is 283 g/mol. The monoisotopic (exact) mass is 283 g/mol. The van der Waals surface area contributed by atoms with Crippen LogP contribution in [0.1, 0.15) is 19.4 Å². The molecule has 0 spiro atoms. The van der Waals surface area contributed by atoms with E-state index in [9.17, 15) is 9.59 Å². The van der Waals surface area contributed by atoms with Crippen LogP contribution in [-0.2, 0) is 4.79 Å². The number of rotatable bonds is 4. The molecule has 2 N–H and O–H groups in total. The lowest BCUT2D eigenvalue weighted by atomic mass is 10.1. The van der Waals surface area contributed by atoms with Gasteiger partial charge in [0, 0.05) is 35.4 Å². The zero-order valence-corrected chi connectivity index (χ0v) is 12.2. The fraction of sp³-hybridized carbons (Fsp3) is 0.188. The van der Waals surface area contributed by atoms with Crippen LogP contribution in [0.25, 0.3) is 11.1 Å². The summed E-state index contributed by atoms with van der Waals surface area (Å²) in [5, 5.41) is 2.94. The van der Waals surface area contributed by atoms with Gasteiger partial charge in [0.25, 0.3) is 5.56 Å². The molecule has 0 saturated heterocycles. The molecule has 5 nitrogen and oxygen atoms in total. The molecule has 2 aromatic heterocycles. The van der Waals surface area contributed by atoms with Crippen LogP contribution in [-0.4, -0.2) is 15.8 Å². The third-order valence-electron chi connectivity index (χ3n) is 2.86. The number of H-pyrrole nitrogens is 1. The number of nitrogens with one attached hydrogen (secondary N) is 2. The molecule has 0 aliphatic carbocycles. The highest BCUT2D eigenvalue weighted by molar-refractivity contribution is 5.88. The van der Waals surface area contributed by atoms with E-state index in [0.717, 1.165) is 16.7 Å². The molecular weight excluding hydrogens is 266 g/mol. The number of carbonyl (C=O) groups is 1. The summed E-state index contributed by atoms with van der Waals surface area (Å²) < 4.78 is 0. The molecule has 0 saturated carbocycles. The first-order valence-electron chi connectivity index (χ1n) is 6.56. The summed E-state index contributed by atoms with van der Waals surface area (Å²) in [6, 6.07) is 3.73. The molecular formula is C16H17N3O2. The molecule has 0 bridgehead atoms. The van der Waals surface area contributed by atoms with Crippen molar-refractivity contribution in [1.82, 2.24) is 9.97 Å². The van der Waals surface area contributed by atoms with Crippen LogP contribution in [0.5, 0.6) is 0 Å². The SMILES string of the molecule is CC(=O)/C=C(\C)Nc1cc(-c2cncc(C)c2)c[nH]c1=O. The number of aromatic amines is 1. The minimum absolute atomic E-state index is 0.0736. The highest BCUT2D eigenvalue weighted by Gasteiger charge is 2.05. The molecule has 0 fully saturated rings. The van der Waals surface area contributed by atoms with E-state index in [2.05, 4.69) is 15.3 Å². The van der Waals surface area contributed by atoms with Crippen LogP contribution in [0.15, 0.2) is 47.3 Å². The minimum Gasteiger partial charge on any atom is -0.355 e. The fourth-order valence-electron chi connectivity index (χ4n) is 2.01. The maximum absolute atomic E-state index is 11.8. The van der Waals surface area contributed by atoms with E-state index in [1.807, 2.05) is 13.0 Å². The van der Waals surface area contributed by atoms with E-state index in [-0.39, 0.29) is 11.3 Å². The van der Waals surface area contributed by atoms with Crippen molar-refractivity contribution in [1.29, 1.82) is 0 Å². The number of ketones is 1. The number of hydrogen-bond donors (Lipinski definition) is 2. The highest BCUT2D eigenvalue weighted by Crippen LogP contribution is 2.20. The van der Waals surface area contributed by atoms with E-state index in [1.165, 1.54) is 13.0 Å². The third kappa shape index (κ3) is 3.89. The van der Waals surface area contributed by atoms with Crippen LogP contribution in [0.4, 0.5) is 5.69 Å². The number of hydrogen-bond acceptors (Lipinski definition) is 4. The number of nitrogens with zero attached hydrogens (tertiary/aromatic N) is 1. The van der Waals surface area contributed by atoms with Gasteiger partial charge in [0.15, 0.2) is 5.78 Å². The van der Waals surface area contributed by atoms with Crippen molar-refractivity contribution in [2.24, 2.45) is 0 Å². The molecule has 0 radical (unpaired) electrons. The van der Waals surface area contributed by atoms with Crippen molar-refractivity contribution < 1.29 is 4.79 Å². The van der Waals surface area contributed by atoms with E-state index < -0.39 is 0 Å². The molecule has 0 atom stereocenters. The zero-order chi connectivity index (χ0) is 15.4. The van der Waals surface area contributed by atoms with E-state index in [0.29, 0.717) is 11.4 Å². The van der Waals surface area contributed by atoms with Crippen molar-refractivity contribution >= 4 is 11.5 Å². The van der Waals surface area contributed by atoms with Crippen molar-refractivity contribution in [3.05, 3.63) is 58.4 Å². The molecule has 0 aromatic carbocycles. The van der Waals surface area contributed by atoms with Crippen LogP contribution >= 0.6 is 0 Å². The number of anilines is 1. The molecule has 0 amide bonds. The average Bonchev–Trinajstić information content (AvgIpc) is 2.40. The van der Waals surface area contributed by atoms with Gasteiger partial charge >= 0.3 is 0 Å². The summed E-state index contributed by atoms with van der Waals surface area (Å²) in [4.78, 5) is 29.7. The predicted molar refractivity (Wildman–Crippen MR) is 83.1 cm³/mol. The predicted octanol–water partition coefficient (Wildman–Crippen LogP) is 2.65. The van der Waals surface area contributed by atoms with Crippen LogP contribution in [0.2, 0.25) is 0 Å². The Bertz CT molecular complexity index is 760. The fourth-order valence-corrected chi connectivity index (χ4v) is 2.01. The summed E-state index contributed by atoms with van der Waals surface area (Å²) >= 11 is 0. The maximum Gasteiger partial charge on any atom is 0.271 e. The van der Waals surface area contributed by atoms with Gasteiger partial charge in [-0.25, -0.2) is 0 Å². The quantitative estimate of drug-likeness (QED) is 0.846. The Morgan fingerprint density at radius 1 is 1.24 bits per heavy atom. The van der Waals surface area contributed by atoms with Crippen molar-refractivity contribution in [3.8, 4) is 11.1 Å². The molecule has 0 aliphatic rings. The number of allylic oxidation sites excluding steroid dienone is 2. The Balaban J connectivity index is 2.38. The Labute approximate surface area is 122 Å². The molecule has 2 heterocycles. The first kappa shape index (κ1) is 14.7. The lowest BCUT2D eigenvalue weighted by molar-refractivity contribution is -0.112. The first-order valence-corrected chi connectivity index (χ1v) is 6.56. The second kappa shape index (κ2) is 6.17. The smallest absolute Gasteiger partial charge is 0.271 e. The molecule has 5 heteroatoms. The van der Waals surface area contributed by atoms with Gasteiger partial charge in [0.2, 0.25) is 0 Å². The van der Waals surface area contributed by atoms with Gasteiger partial charge in [-0.15, -0.1) is 0 Å². The van der Waals surface area contributed by atoms with E-state index >= 15 is 0 Å². The van der Waals surface area contributed by atoms with E-state index in [1.54, 1.807) is 31.6 Å². The summed E-state index contributed by atoms with van der Waals surface area (Å²) in [6.45, 7) is 5.16. The summed E-state index contributed by atoms with van der Waals surface area (Å²) in [5.74, 6) is -0.0736. The molecule has 2 rings (SSSR count). The largest absolute Gasteiger partial charge is 0.355 e. The Kier molecular flexibility index (Phi) is 4.33. The number of pyridine rings is 2. The number of aromatic nitrogens is 2. The van der Waals surface area contributed by atoms with Gasteiger partial charge in [0.05, 0.1) is 0 Å². The Morgan fingerprint density at radius 2 is 2.00 bits per heavy atom. The normalized spacial score (nSPS) is 11.3. The van der Waals surface area contributed by atoms with Crippen LogP contribution < -0.4 is 10.9 Å². The van der Waals surface area contributed by atoms with E-state index in [4.69, 9.17) is 0 Å². The van der Waals surface area contributed by atoms with Gasteiger partial charge in [-0.3, -0.25) is 14.6 Å². The van der Waals surface area contributed by atoms with Crippen molar-refractivity contribution in [2.75, 3.05) is 5.32 Å². The summed E-state index contributed by atoms with van der Waals surface area (Å²) in [7, 11) is 0. The molecule has 2 aromatic rings. The summed E-state index contributed by atoms with van der Waals surface area (Å²) in [5.41, 5.74) is 3.58. The van der Waals surface area contributed by atoms with Gasteiger partial charge in [0.1, 0.15) is 5.69 Å². The van der Waals surface area contributed by atoms with Gasteiger partial charge in [-0.05, 0) is 44.5 Å². The second-order valence-corrected chi connectivity index (χ2v) is 4.95. The van der Waals surface area contributed by atoms with Crippen LogP contribution in [0, 0.1) is 6.92 Å². The molecule has 0 unspecified atom stereocenters. The molecule has 21 heavy (non-hydrogen) atoms. The first-order chi connectivity index (χ1) is 9.95. The standard InChI is InChI=1S/C16H17N3O2/c1-10-4-13(8-17-7-10)14-6-15(16(21)18-9-14)19-11(2)5-12(3)20/h4-9,19H,1-3H3,(H,18,21)/b11-5+. The lowest BCUT2D eigenvalue weighted by Gasteiger charge is -2.08. The molecule has 0 aliphatic heterocycles. The van der Waals surface area contributed by atoms with Crippen molar-refractivity contribution in [3.63, 3.8) is 0 Å². The Hall–Kier alpha value is -2.69. The topological polar surface area (TPSA) is 74.8 Å². The number of carbonyl (C=O) groups excluding carboxylic acids is 1. The van der Waals surface area contributed by atoms with Gasteiger partial charge in [-0.1, -0.05) is 0 Å². The second-order valence-electron chi connectivity index (χ2n) is 4.95. The Morgan fingerprint density at radius 3 is 2.67 bits per heavy atom. The highest BCUT2D eigenvalue weighted by atomic mass is 16.1. The van der Waals surface area contributed by atoms with Gasteiger partial charge in [-0.2, -0.15) is 0 Å². The van der Waals surface area contributed by atoms with Crippen LogP contribution in [0.3, 0.4) is 0 Å². The molecule has 108 valence electrons.